The van der Waals surface area contributed by atoms with Gasteiger partial charge in [-0.3, -0.25) is 23.6 Å². The third-order valence-corrected chi connectivity index (χ3v) is 8.67. The number of hydrogen-bond acceptors (Lipinski definition) is 7. The lowest BCUT2D eigenvalue weighted by Gasteiger charge is -2.24. The maximum absolute atomic E-state index is 13.6. The summed E-state index contributed by atoms with van der Waals surface area (Å²) in [5.74, 6) is 0.977. The van der Waals surface area contributed by atoms with Gasteiger partial charge in [0, 0.05) is 44.6 Å². The highest BCUT2D eigenvalue weighted by atomic mass is 32.2. The van der Waals surface area contributed by atoms with Crippen LogP contribution in [0.15, 0.2) is 45.1 Å². The molecule has 0 spiro atoms. The molecule has 0 saturated heterocycles. The van der Waals surface area contributed by atoms with E-state index in [0.29, 0.717) is 36.8 Å². The lowest BCUT2D eigenvalue weighted by Crippen LogP contribution is -2.39. The predicted octanol–water partition coefficient (Wildman–Crippen LogP) is 2.03. The van der Waals surface area contributed by atoms with Crippen molar-refractivity contribution in [3.8, 4) is 11.5 Å². The molecule has 2 saturated carbocycles. The van der Waals surface area contributed by atoms with Crippen LogP contribution in [0.1, 0.15) is 45.1 Å². The van der Waals surface area contributed by atoms with E-state index >= 15 is 0 Å². The van der Waals surface area contributed by atoms with Gasteiger partial charge in [0.15, 0.2) is 11.5 Å². The van der Waals surface area contributed by atoms with Crippen molar-refractivity contribution in [2.45, 2.75) is 56.5 Å². The van der Waals surface area contributed by atoms with E-state index in [1.54, 1.807) is 13.1 Å². The zero-order valence-corrected chi connectivity index (χ0v) is 21.5. The summed E-state index contributed by atoms with van der Waals surface area (Å²) >= 11 is 0. The minimum atomic E-state index is -3.86. The molecule has 4 aromatic heterocycles. The predicted molar refractivity (Wildman–Crippen MR) is 137 cm³/mol. The summed E-state index contributed by atoms with van der Waals surface area (Å²) in [6.45, 7) is 2.73. The first-order valence-corrected chi connectivity index (χ1v) is 14.0. The fourth-order valence-electron chi connectivity index (χ4n) is 4.63. The Kier molecular flexibility index (Phi) is 5.55. The summed E-state index contributed by atoms with van der Waals surface area (Å²) in [6.07, 6.45) is 7.17. The first-order valence-electron chi connectivity index (χ1n) is 12.5. The molecular formula is C24H28N8O4S. The average molecular weight is 525 g/mol. The van der Waals surface area contributed by atoms with Gasteiger partial charge in [-0.15, -0.1) is 0 Å². The molecule has 0 radical (unpaired) electrons. The van der Waals surface area contributed by atoms with Crippen LogP contribution in [-0.4, -0.2) is 48.8 Å². The number of aryl methyl sites for hydroxylation is 2. The molecule has 2 aliphatic rings. The number of anilines is 1. The average Bonchev–Trinajstić information content (AvgIpc) is 3.81. The Morgan fingerprint density at radius 1 is 1.14 bits per heavy atom. The second kappa shape index (κ2) is 8.68. The maximum Gasteiger partial charge on any atom is 0.333 e. The number of nitrogens with zero attached hydrogens (tertiary/aromatic N) is 7. The van der Waals surface area contributed by atoms with Crippen LogP contribution < -0.4 is 15.6 Å². The number of nitrogens with one attached hydrogen (secondary N) is 1. The number of aromatic nitrogens is 7. The van der Waals surface area contributed by atoms with Crippen LogP contribution in [0.4, 0.5) is 5.82 Å². The molecule has 4 aromatic rings. The Labute approximate surface area is 212 Å². The van der Waals surface area contributed by atoms with Crippen LogP contribution in [0.3, 0.4) is 0 Å². The smallest absolute Gasteiger partial charge is 0.331 e. The summed E-state index contributed by atoms with van der Waals surface area (Å²) in [5.41, 5.74) is 0.185. The molecule has 2 fully saturated rings. The van der Waals surface area contributed by atoms with Gasteiger partial charge in [0.05, 0.1) is 4.90 Å². The largest absolute Gasteiger partial charge is 0.333 e. The minimum absolute atomic E-state index is 0.0740. The van der Waals surface area contributed by atoms with E-state index < -0.39 is 10.0 Å². The van der Waals surface area contributed by atoms with Crippen molar-refractivity contribution in [3.05, 3.63) is 51.4 Å². The molecule has 0 unspecified atom stereocenters. The number of rotatable bonds is 9. The summed E-state index contributed by atoms with van der Waals surface area (Å²) in [6, 6.07) is 4.53. The van der Waals surface area contributed by atoms with Gasteiger partial charge in [-0.05, 0) is 50.2 Å². The molecule has 0 aromatic carbocycles. The van der Waals surface area contributed by atoms with Gasteiger partial charge in [-0.2, -0.15) is 5.10 Å². The van der Waals surface area contributed by atoms with E-state index in [4.69, 9.17) is 0 Å². The highest BCUT2D eigenvalue weighted by Gasteiger charge is 2.34. The molecule has 2 aliphatic carbocycles. The number of sulfonamides is 1. The number of aromatic amines is 1. The second-order valence-electron chi connectivity index (χ2n) is 9.80. The molecule has 13 heteroatoms. The molecule has 0 aliphatic heterocycles. The highest BCUT2D eigenvalue weighted by Crippen LogP contribution is 2.35. The van der Waals surface area contributed by atoms with Gasteiger partial charge in [0.2, 0.25) is 0 Å². The van der Waals surface area contributed by atoms with Gasteiger partial charge in [-0.25, -0.2) is 22.5 Å². The molecular weight excluding hydrogens is 496 g/mol. The minimum Gasteiger partial charge on any atom is -0.331 e. The van der Waals surface area contributed by atoms with E-state index in [1.165, 1.54) is 42.6 Å². The normalized spacial score (nSPS) is 15.9. The molecule has 4 heterocycles. The Balaban J connectivity index is 1.47. The van der Waals surface area contributed by atoms with E-state index in [-0.39, 0.29) is 39.3 Å². The summed E-state index contributed by atoms with van der Waals surface area (Å²) in [4.78, 5) is 38.0. The lowest BCUT2D eigenvalue weighted by molar-refractivity contribution is 0.571. The molecule has 12 nitrogen and oxygen atoms in total. The fraction of sp³-hybridized carbons (Fsp3) is 0.458. The maximum atomic E-state index is 13.6. The van der Waals surface area contributed by atoms with Crippen LogP contribution in [0.5, 0.6) is 0 Å². The summed E-state index contributed by atoms with van der Waals surface area (Å²) < 4.78 is 32.9. The third kappa shape index (κ3) is 4.06. The first-order chi connectivity index (χ1) is 17.8. The SMILES string of the molecule is CCCn1c(=O)n(C2CC2)c(=O)c2[nH]c(-c3cc(N(CC4CC4)S(=O)(=O)c4ccncc4)n(C)n3)nc21. The Hall–Kier alpha value is -3.74. The summed E-state index contributed by atoms with van der Waals surface area (Å²) in [5, 5.41) is 4.54. The lowest BCUT2D eigenvalue weighted by atomic mass is 10.4. The van der Waals surface area contributed by atoms with Crippen molar-refractivity contribution in [1.82, 2.24) is 33.9 Å². The Morgan fingerprint density at radius 2 is 1.86 bits per heavy atom. The molecule has 0 amide bonds. The number of hydrogen-bond donors (Lipinski definition) is 1. The van der Waals surface area contributed by atoms with Gasteiger partial charge < -0.3 is 4.98 Å². The molecule has 194 valence electrons. The van der Waals surface area contributed by atoms with Crippen molar-refractivity contribution >= 4 is 27.0 Å². The number of imidazole rings is 1. The van der Waals surface area contributed by atoms with Crippen molar-refractivity contribution < 1.29 is 8.42 Å². The van der Waals surface area contributed by atoms with Crippen LogP contribution in [0, 0.1) is 5.92 Å². The zero-order valence-electron chi connectivity index (χ0n) is 20.7. The van der Waals surface area contributed by atoms with Crippen molar-refractivity contribution in [3.63, 3.8) is 0 Å². The monoisotopic (exact) mass is 524 g/mol. The van der Waals surface area contributed by atoms with Gasteiger partial charge in [0.1, 0.15) is 17.0 Å². The molecule has 1 N–H and O–H groups in total. The Morgan fingerprint density at radius 3 is 2.51 bits per heavy atom. The van der Waals surface area contributed by atoms with Crippen molar-refractivity contribution in [2.75, 3.05) is 10.8 Å². The van der Waals surface area contributed by atoms with Gasteiger partial charge in [0.25, 0.3) is 15.6 Å². The molecule has 0 atom stereocenters. The topological polar surface area (TPSA) is 141 Å². The quantitative estimate of drug-likeness (QED) is 0.353. The number of H-pyrrole nitrogens is 1. The fourth-order valence-corrected chi connectivity index (χ4v) is 6.18. The van der Waals surface area contributed by atoms with E-state index in [1.807, 2.05) is 6.92 Å². The van der Waals surface area contributed by atoms with Crippen molar-refractivity contribution in [1.29, 1.82) is 0 Å². The van der Waals surface area contributed by atoms with E-state index in [0.717, 1.165) is 25.7 Å². The van der Waals surface area contributed by atoms with Crippen LogP contribution >= 0.6 is 0 Å². The summed E-state index contributed by atoms with van der Waals surface area (Å²) in [7, 11) is -2.18. The number of pyridine rings is 1. The van der Waals surface area contributed by atoms with Crippen LogP contribution in [0.2, 0.25) is 0 Å². The molecule has 37 heavy (non-hydrogen) atoms. The Bertz CT molecular complexity index is 1710. The van der Waals surface area contributed by atoms with E-state index in [9.17, 15) is 18.0 Å². The van der Waals surface area contributed by atoms with Gasteiger partial charge >= 0.3 is 5.69 Å². The van der Waals surface area contributed by atoms with E-state index in [2.05, 4.69) is 20.1 Å². The van der Waals surface area contributed by atoms with Gasteiger partial charge in [-0.1, -0.05) is 6.92 Å². The highest BCUT2D eigenvalue weighted by molar-refractivity contribution is 7.92. The number of fused-ring (bicyclic) bond motifs is 1. The third-order valence-electron chi connectivity index (χ3n) is 6.88. The van der Waals surface area contributed by atoms with Crippen LogP contribution in [0.25, 0.3) is 22.7 Å². The zero-order chi connectivity index (χ0) is 25.9. The molecule has 0 bridgehead atoms. The van der Waals surface area contributed by atoms with Crippen molar-refractivity contribution in [2.24, 2.45) is 13.0 Å². The molecule has 6 rings (SSSR count). The standard InChI is InChI=1S/C24H28N8O4S/c1-3-12-30-22-20(23(33)32(24(30)34)16-6-7-16)26-21(27-22)18-13-19(29(2)28-18)31(14-15-4-5-15)37(35,36)17-8-10-25-11-9-17/h8-11,13,15-16H,3-7,12,14H2,1-2H3,(H,26,27). The first kappa shape index (κ1) is 23.6. The van der Waals surface area contributed by atoms with Crippen LogP contribution in [-0.2, 0) is 23.6 Å². The second-order valence-corrected chi connectivity index (χ2v) is 11.7.